The van der Waals surface area contributed by atoms with Crippen LogP contribution in [0.2, 0.25) is 0 Å². The maximum Gasteiger partial charge on any atom is 0.257 e. The second kappa shape index (κ2) is 5.63. The fourth-order valence-corrected chi connectivity index (χ4v) is 1.85. The van der Waals surface area contributed by atoms with E-state index in [1.165, 1.54) is 4.90 Å². The molecule has 5 heteroatoms. The SMILES string of the molecule is CN(C(=O)C1CNCCO1)c1cccc(C#N)c1. The second-order valence-electron chi connectivity index (χ2n) is 4.12. The molecule has 1 amide bonds. The van der Waals surface area contributed by atoms with Crippen molar-refractivity contribution in [2.24, 2.45) is 0 Å². The lowest BCUT2D eigenvalue weighted by Crippen LogP contribution is -2.48. The van der Waals surface area contributed by atoms with Gasteiger partial charge >= 0.3 is 0 Å². The molecule has 2 rings (SSSR count). The summed E-state index contributed by atoms with van der Waals surface area (Å²) in [6, 6.07) is 9.02. The van der Waals surface area contributed by atoms with Crippen LogP contribution in [-0.4, -0.2) is 38.8 Å². The van der Waals surface area contributed by atoms with Gasteiger partial charge in [0.05, 0.1) is 18.2 Å². The van der Waals surface area contributed by atoms with Crippen LogP contribution in [0, 0.1) is 11.3 Å². The van der Waals surface area contributed by atoms with E-state index in [2.05, 4.69) is 11.4 Å². The van der Waals surface area contributed by atoms with Crippen LogP contribution in [0.4, 0.5) is 5.69 Å². The van der Waals surface area contributed by atoms with Crippen LogP contribution < -0.4 is 10.2 Å². The largest absolute Gasteiger partial charge is 0.366 e. The predicted molar refractivity (Wildman–Crippen MR) is 67.2 cm³/mol. The number of rotatable bonds is 2. The molecule has 1 saturated heterocycles. The van der Waals surface area contributed by atoms with Crippen molar-refractivity contribution < 1.29 is 9.53 Å². The summed E-state index contributed by atoms with van der Waals surface area (Å²) in [4.78, 5) is 13.7. The molecule has 5 nitrogen and oxygen atoms in total. The number of nitrogens with zero attached hydrogens (tertiary/aromatic N) is 2. The molecule has 1 N–H and O–H groups in total. The van der Waals surface area contributed by atoms with E-state index in [-0.39, 0.29) is 5.91 Å². The molecule has 1 unspecified atom stereocenters. The van der Waals surface area contributed by atoms with Crippen molar-refractivity contribution in [2.75, 3.05) is 31.6 Å². The lowest BCUT2D eigenvalue weighted by Gasteiger charge is -2.27. The Labute approximate surface area is 106 Å². The van der Waals surface area contributed by atoms with Gasteiger partial charge in [-0.15, -0.1) is 0 Å². The van der Waals surface area contributed by atoms with Gasteiger partial charge in [-0.2, -0.15) is 5.26 Å². The smallest absolute Gasteiger partial charge is 0.257 e. The highest BCUT2D eigenvalue weighted by atomic mass is 16.5. The van der Waals surface area contributed by atoms with Gasteiger partial charge in [0.2, 0.25) is 0 Å². The topological polar surface area (TPSA) is 65.4 Å². The molecule has 0 aromatic heterocycles. The Morgan fingerprint density at radius 2 is 2.44 bits per heavy atom. The van der Waals surface area contributed by atoms with Crippen molar-refractivity contribution in [2.45, 2.75) is 6.10 Å². The van der Waals surface area contributed by atoms with Gasteiger partial charge in [0.25, 0.3) is 5.91 Å². The monoisotopic (exact) mass is 245 g/mol. The highest BCUT2D eigenvalue weighted by Gasteiger charge is 2.25. The number of benzene rings is 1. The predicted octanol–water partition coefficient (Wildman–Crippen LogP) is 0.509. The van der Waals surface area contributed by atoms with E-state index < -0.39 is 6.10 Å². The van der Waals surface area contributed by atoms with E-state index in [0.29, 0.717) is 24.4 Å². The number of anilines is 1. The number of morpholine rings is 1. The number of nitrogens with one attached hydrogen (secondary N) is 1. The maximum atomic E-state index is 12.2. The van der Waals surface area contributed by atoms with E-state index in [1.54, 1.807) is 31.3 Å². The van der Waals surface area contributed by atoms with Crippen LogP contribution in [0.15, 0.2) is 24.3 Å². The number of hydrogen-bond acceptors (Lipinski definition) is 4. The van der Waals surface area contributed by atoms with Gasteiger partial charge in [0.1, 0.15) is 6.10 Å². The number of ether oxygens (including phenoxy) is 1. The minimum Gasteiger partial charge on any atom is -0.366 e. The highest BCUT2D eigenvalue weighted by molar-refractivity contribution is 5.96. The van der Waals surface area contributed by atoms with Gasteiger partial charge in [-0.05, 0) is 18.2 Å². The molecule has 1 fully saturated rings. The number of carbonyl (C=O) groups excluding carboxylic acids is 1. The molecule has 0 bridgehead atoms. The molecule has 18 heavy (non-hydrogen) atoms. The van der Waals surface area contributed by atoms with Crippen molar-refractivity contribution in [3.05, 3.63) is 29.8 Å². The van der Waals surface area contributed by atoms with Gasteiger partial charge in [0.15, 0.2) is 0 Å². The molecule has 1 heterocycles. The Bertz CT molecular complexity index is 475. The summed E-state index contributed by atoms with van der Waals surface area (Å²) in [5.74, 6) is -0.0997. The summed E-state index contributed by atoms with van der Waals surface area (Å²) in [6.07, 6.45) is -0.450. The summed E-state index contributed by atoms with van der Waals surface area (Å²) in [6.45, 7) is 1.85. The van der Waals surface area contributed by atoms with Crippen molar-refractivity contribution >= 4 is 11.6 Å². The first-order chi connectivity index (χ1) is 8.72. The fourth-order valence-electron chi connectivity index (χ4n) is 1.85. The third-order valence-electron chi connectivity index (χ3n) is 2.90. The highest BCUT2D eigenvalue weighted by Crippen LogP contribution is 2.16. The van der Waals surface area contributed by atoms with Crippen LogP contribution in [0.1, 0.15) is 5.56 Å². The van der Waals surface area contributed by atoms with Crippen molar-refractivity contribution in [1.82, 2.24) is 5.32 Å². The average molecular weight is 245 g/mol. The number of carbonyl (C=O) groups is 1. The zero-order valence-electron chi connectivity index (χ0n) is 10.2. The van der Waals surface area contributed by atoms with Crippen molar-refractivity contribution in [3.63, 3.8) is 0 Å². The Morgan fingerprint density at radius 1 is 1.61 bits per heavy atom. The summed E-state index contributed by atoms with van der Waals surface area (Å²) >= 11 is 0. The van der Waals surface area contributed by atoms with Crippen LogP contribution in [-0.2, 0) is 9.53 Å². The summed E-state index contributed by atoms with van der Waals surface area (Å²) in [5.41, 5.74) is 1.24. The first kappa shape index (κ1) is 12.6. The number of nitriles is 1. The summed E-state index contributed by atoms with van der Waals surface area (Å²) in [7, 11) is 1.69. The maximum absolute atomic E-state index is 12.2. The normalized spacial score (nSPS) is 19.0. The van der Waals surface area contributed by atoms with Crippen LogP contribution in [0.5, 0.6) is 0 Å². The van der Waals surface area contributed by atoms with Gasteiger partial charge in [-0.25, -0.2) is 0 Å². The lowest BCUT2D eigenvalue weighted by atomic mass is 10.2. The van der Waals surface area contributed by atoms with Crippen molar-refractivity contribution in [1.29, 1.82) is 5.26 Å². The molecule has 0 aliphatic carbocycles. The van der Waals surface area contributed by atoms with Crippen LogP contribution >= 0.6 is 0 Å². The summed E-state index contributed by atoms with van der Waals surface area (Å²) in [5, 5.41) is 12.0. The molecule has 1 atom stereocenters. The molecule has 0 spiro atoms. The Kier molecular flexibility index (Phi) is 3.92. The van der Waals surface area contributed by atoms with Gasteiger partial charge in [0, 0.05) is 25.8 Å². The van der Waals surface area contributed by atoms with E-state index in [0.717, 1.165) is 6.54 Å². The van der Waals surface area contributed by atoms with E-state index in [4.69, 9.17) is 10.00 Å². The van der Waals surface area contributed by atoms with Gasteiger partial charge in [-0.1, -0.05) is 6.07 Å². The zero-order valence-corrected chi connectivity index (χ0v) is 10.2. The molecule has 1 aliphatic rings. The molecular weight excluding hydrogens is 230 g/mol. The van der Waals surface area contributed by atoms with Gasteiger partial charge < -0.3 is 15.0 Å². The number of hydrogen-bond donors (Lipinski definition) is 1. The van der Waals surface area contributed by atoms with E-state index in [1.807, 2.05) is 0 Å². The molecule has 1 aromatic rings. The first-order valence-electron chi connectivity index (χ1n) is 5.82. The Balaban J connectivity index is 2.12. The molecule has 0 saturated carbocycles. The van der Waals surface area contributed by atoms with Crippen LogP contribution in [0.3, 0.4) is 0 Å². The molecular formula is C13H15N3O2. The Hall–Kier alpha value is -1.90. The third-order valence-corrected chi connectivity index (χ3v) is 2.90. The number of amides is 1. The lowest BCUT2D eigenvalue weighted by molar-refractivity contribution is -0.131. The Morgan fingerprint density at radius 3 is 3.11 bits per heavy atom. The molecule has 1 aliphatic heterocycles. The minimum absolute atomic E-state index is 0.0997. The van der Waals surface area contributed by atoms with Crippen LogP contribution in [0.25, 0.3) is 0 Å². The zero-order chi connectivity index (χ0) is 13.0. The fraction of sp³-hybridized carbons (Fsp3) is 0.385. The minimum atomic E-state index is -0.450. The molecule has 94 valence electrons. The second-order valence-corrected chi connectivity index (χ2v) is 4.12. The third kappa shape index (κ3) is 2.67. The van der Waals surface area contributed by atoms with Gasteiger partial charge in [-0.3, -0.25) is 4.79 Å². The number of likely N-dealkylation sites (N-methyl/N-ethyl adjacent to an activating group) is 1. The van der Waals surface area contributed by atoms with E-state index >= 15 is 0 Å². The molecule has 0 radical (unpaired) electrons. The average Bonchev–Trinajstić information content (AvgIpc) is 2.46. The summed E-state index contributed by atoms with van der Waals surface area (Å²) < 4.78 is 5.42. The van der Waals surface area contributed by atoms with Crippen molar-refractivity contribution in [3.8, 4) is 6.07 Å². The first-order valence-corrected chi connectivity index (χ1v) is 5.82. The quantitative estimate of drug-likeness (QED) is 0.824. The standard InChI is InChI=1S/C13H15N3O2/c1-16(11-4-2-3-10(7-11)8-14)13(17)12-9-15-5-6-18-12/h2-4,7,12,15H,5-6,9H2,1H3. The van der Waals surface area contributed by atoms with E-state index in [9.17, 15) is 4.79 Å². The molecule has 1 aromatic carbocycles.